The fourth-order valence-electron chi connectivity index (χ4n) is 2.76. The molecule has 0 aliphatic carbocycles. The van der Waals surface area contributed by atoms with E-state index in [1.54, 1.807) is 0 Å². The van der Waals surface area contributed by atoms with E-state index in [1.807, 2.05) is 0 Å². The molecule has 0 saturated carbocycles. The maximum atomic E-state index is 13.4. The number of aliphatic hydroxyl groups is 1. The molecular weight excluding hydrogens is 506 g/mol. The third kappa shape index (κ3) is 5.32. The molecule has 0 spiro atoms. The maximum absolute atomic E-state index is 13.4. The Kier molecular flexibility index (Phi) is 6.79. The van der Waals surface area contributed by atoms with Gasteiger partial charge in [0, 0.05) is 6.42 Å². The number of aromatic amines is 1. The molecule has 5 unspecified atom stereocenters. The number of nitrogen functional groups attached to an aromatic ring is 1. The molecule has 0 amide bonds. The van der Waals surface area contributed by atoms with Crippen LogP contribution >= 0.6 is 23.0 Å². The molecule has 0 radical (unpaired) electrons. The van der Waals surface area contributed by atoms with Crippen LogP contribution in [-0.4, -0.2) is 68.7 Å². The highest BCUT2D eigenvalue weighted by Gasteiger charge is 2.51. The fraction of sp³-hybridized carbons (Fsp3) is 0.545. The highest BCUT2D eigenvalue weighted by molar-refractivity contribution is 7.74. The molecule has 3 rings (SSSR count). The van der Waals surface area contributed by atoms with E-state index in [4.69, 9.17) is 20.3 Å². The number of nitrogens with one attached hydrogen (secondary N) is 1. The molecule has 6 atom stereocenters. The highest BCUT2D eigenvalue weighted by atomic mass is 31.3. The zero-order valence-electron chi connectivity index (χ0n) is 15.5. The fourth-order valence-corrected chi connectivity index (χ4v) is 6.68. The standard InChI is InChI=1S/C11H17FN5O12P3/c12-10(30(20,21)22)31(23,24)29-32(25,26)27-2-5-4(18)1-6(28-5)17-3-14-7-8(17)15-11(13)16-9(7)19/h3-6,10,18H,1-2H2,(H,23,24)(H,25,26)(H2,20,21,22)(H3,13,15,16,19)/t4?,5?,6?,10-/m1/s1. The third-order valence-electron chi connectivity index (χ3n) is 4.13. The number of H-pyrrole nitrogens is 1. The van der Waals surface area contributed by atoms with Crippen LogP contribution in [0.25, 0.3) is 11.2 Å². The van der Waals surface area contributed by atoms with Gasteiger partial charge in [-0.2, -0.15) is 4.98 Å². The lowest BCUT2D eigenvalue weighted by Gasteiger charge is -2.21. The van der Waals surface area contributed by atoms with E-state index in [0.29, 0.717) is 0 Å². The number of nitrogens with two attached hydrogens (primary N) is 1. The van der Waals surface area contributed by atoms with Crippen LogP contribution in [0.4, 0.5) is 10.3 Å². The Bertz CT molecular complexity index is 1210. The van der Waals surface area contributed by atoms with Gasteiger partial charge in [0.15, 0.2) is 11.2 Å². The Labute approximate surface area is 176 Å². The van der Waals surface area contributed by atoms with E-state index in [-0.39, 0.29) is 23.5 Å². The summed E-state index contributed by atoms with van der Waals surface area (Å²) in [7, 11) is -17.2. The van der Waals surface area contributed by atoms with Gasteiger partial charge in [0.25, 0.3) is 11.2 Å². The van der Waals surface area contributed by atoms with Gasteiger partial charge in [-0.1, -0.05) is 0 Å². The zero-order valence-corrected chi connectivity index (χ0v) is 18.2. The van der Waals surface area contributed by atoms with Crippen molar-refractivity contribution >= 4 is 40.1 Å². The first-order valence-electron chi connectivity index (χ1n) is 8.37. The van der Waals surface area contributed by atoms with Crippen LogP contribution in [0.1, 0.15) is 12.6 Å². The van der Waals surface area contributed by atoms with Gasteiger partial charge >= 0.3 is 23.0 Å². The molecule has 3 heterocycles. The molecule has 1 fully saturated rings. The monoisotopic (exact) mass is 523 g/mol. The number of rotatable bonds is 8. The van der Waals surface area contributed by atoms with Crippen LogP contribution in [-0.2, 0) is 27.3 Å². The molecule has 0 bridgehead atoms. The summed E-state index contributed by atoms with van der Waals surface area (Å²) >= 11 is 0. The zero-order chi connectivity index (χ0) is 24.1. The van der Waals surface area contributed by atoms with Crippen molar-refractivity contribution in [2.75, 3.05) is 12.3 Å². The molecule has 2 aromatic rings. The van der Waals surface area contributed by atoms with E-state index in [2.05, 4.69) is 23.8 Å². The smallest absolute Gasteiger partial charge is 0.390 e. The lowest BCUT2D eigenvalue weighted by molar-refractivity contribution is -0.0421. The molecule has 32 heavy (non-hydrogen) atoms. The number of aromatic nitrogens is 4. The summed E-state index contributed by atoms with van der Waals surface area (Å²) in [6.45, 7) is -0.916. The highest BCUT2D eigenvalue weighted by Crippen LogP contribution is 2.70. The molecule has 1 aliphatic heterocycles. The summed E-state index contributed by atoms with van der Waals surface area (Å²) in [5, 5.41) is 10.1. The molecule has 180 valence electrons. The summed E-state index contributed by atoms with van der Waals surface area (Å²) in [4.78, 5) is 57.8. The van der Waals surface area contributed by atoms with Crippen LogP contribution < -0.4 is 11.3 Å². The number of anilines is 1. The predicted octanol–water partition coefficient (Wildman–Crippen LogP) is -0.900. The van der Waals surface area contributed by atoms with Crippen molar-refractivity contribution in [3.05, 3.63) is 16.7 Å². The Morgan fingerprint density at radius 3 is 2.62 bits per heavy atom. The van der Waals surface area contributed by atoms with Crippen molar-refractivity contribution in [1.82, 2.24) is 19.5 Å². The van der Waals surface area contributed by atoms with Crippen molar-refractivity contribution in [2.24, 2.45) is 0 Å². The Hall–Kier alpha value is -1.55. The van der Waals surface area contributed by atoms with Gasteiger partial charge in [0.2, 0.25) is 5.95 Å². The summed E-state index contributed by atoms with van der Waals surface area (Å²) in [5.74, 6) is -0.212. The van der Waals surface area contributed by atoms with Crippen LogP contribution in [0.5, 0.6) is 0 Å². The van der Waals surface area contributed by atoms with Crippen molar-refractivity contribution in [3.8, 4) is 0 Å². The number of aliphatic hydroxyl groups excluding tert-OH is 1. The SMILES string of the molecule is Nc1nc2c(ncn2C2CC(O)C(COP(=O)(O)OP(=O)(O)[C@H](F)P(=O)(O)O)O2)c(=O)[nH]1. The number of alkyl halides is 1. The summed E-state index contributed by atoms with van der Waals surface area (Å²) in [5.41, 5.74) is 1.03. The lowest BCUT2D eigenvalue weighted by Crippen LogP contribution is -2.26. The third-order valence-corrected chi connectivity index (χ3v) is 9.24. The number of ether oxygens (including phenoxy) is 1. The maximum Gasteiger partial charge on any atom is 0.479 e. The first kappa shape index (κ1) is 25.1. The van der Waals surface area contributed by atoms with Crippen LogP contribution in [0.2, 0.25) is 0 Å². The van der Waals surface area contributed by atoms with E-state index < -0.39 is 59.3 Å². The molecule has 0 aromatic carbocycles. The first-order chi connectivity index (χ1) is 14.6. The van der Waals surface area contributed by atoms with E-state index >= 15 is 0 Å². The predicted molar refractivity (Wildman–Crippen MR) is 101 cm³/mol. The van der Waals surface area contributed by atoms with Crippen molar-refractivity contribution < 1.29 is 56.3 Å². The number of phosphoric ester groups is 1. The second kappa shape index (κ2) is 8.66. The second-order valence-electron chi connectivity index (χ2n) is 6.52. The second-order valence-corrected chi connectivity index (χ2v) is 12.0. The Morgan fingerprint density at radius 2 is 2.00 bits per heavy atom. The van der Waals surface area contributed by atoms with Crippen molar-refractivity contribution in [3.63, 3.8) is 0 Å². The summed E-state index contributed by atoms with van der Waals surface area (Å²) in [6, 6.07) is 0. The molecule has 2 aromatic heterocycles. The van der Waals surface area contributed by atoms with Crippen LogP contribution in [0.3, 0.4) is 0 Å². The van der Waals surface area contributed by atoms with Crippen molar-refractivity contribution in [1.29, 1.82) is 0 Å². The van der Waals surface area contributed by atoms with Gasteiger partial charge in [-0.25, -0.2) is 18.3 Å². The summed E-state index contributed by atoms with van der Waals surface area (Å²) in [6.07, 6.45) is -2.57. The number of imidazole rings is 1. The largest absolute Gasteiger partial charge is 0.479 e. The normalized spacial score (nSPS) is 26.6. The molecular formula is C11H17FN5O12P3. The number of hydrogen-bond acceptors (Lipinski definition) is 11. The molecule has 8 N–H and O–H groups in total. The van der Waals surface area contributed by atoms with E-state index in [0.717, 1.165) is 0 Å². The topological polar surface area (TPSA) is 270 Å². The first-order valence-corrected chi connectivity index (χ1v) is 13.2. The number of hydrogen-bond donors (Lipinski definition) is 7. The van der Waals surface area contributed by atoms with Gasteiger partial charge in [0.1, 0.15) is 12.3 Å². The van der Waals surface area contributed by atoms with Crippen molar-refractivity contribution in [2.45, 2.75) is 30.5 Å². The lowest BCUT2D eigenvalue weighted by atomic mass is 10.2. The molecule has 17 nitrogen and oxygen atoms in total. The number of halogens is 1. The molecule has 1 aliphatic rings. The van der Waals surface area contributed by atoms with Gasteiger partial charge in [-0.15, -0.1) is 0 Å². The number of phosphoric acid groups is 1. The summed E-state index contributed by atoms with van der Waals surface area (Å²) < 4.78 is 62.4. The van der Waals surface area contributed by atoms with Crippen LogP contribution in [0.15, 0.2) is 11.1 Å². The quantitative estimate of drug-likeness (QED) is 0.207. The molecule has 21 heteroatoms. The minimum absolute atomic E-state index is 0.0221. The van der Waals surface area contributed by atoms with Gasteiger partial charge < -0.3 is 35.2 Å². The Balaban J connectivity index is 1.68. The number of fused-ring (bicyclic) bond motifs is 1. The minimum Gasteiger partial charge on any atom is -0.390 e. The minimum atomic E-state index is -5.93. The van der Waals surface area contributed by atoms with Crippen LogP contribution in [0, 0.1) is 0 Å². The average Bonchev–Trinajstić information content (AvgIpc) is 3.21. The average molecular weight is 523 g/mol. The Morgan fingerprint density at radius 1 is 1.34 bits per heavy atom. The van der Waals surface area contributed by atoms with E-state index in [9.17, 15) is 37.8 Å². The van der Waals surface area contributed by atoms with Gasteiger partial charge in [0.05, 0.1) is 19.0 Å². The van der Waals surface area contributed by atoms with E-state index in [1.165, 1.54) is 10.9 Å². The van der Waals surface area contributed by atoms with Gasteiger partial charge in [-0.3, -0.25) is 28.0 Å². The van der Waals surface area contributed by atoms with Gasteiger partial charge in [-0.05, 0) is 0 Å². The number of nitrogens with zero attached hydrogens (tertiary/aromatic N) is 3. The molecule has 1 saturated heterocycles.